The summed E-state index contributed by atoms with van der Waals surface area (Å²) in [4.78, 5) is 22.6. The molecule has 1 rings (SSSR count). The lowest BCUT2D eigenvalue weighted by molar-refractivity contribution is -0.141. The van der Waals surface area contributed by atoms with Gasteiger partial charge < -0.3 is 10.1 Å². The van der Waals surface area contributed by atoms with Gasteiger partial charge in [-0.25, -0.2) is 12.7 Å². The van der Waals surface area contributed by atoms with Crippen LogP contribution < -0.4 is 5.32 Å². The molecule has 7 nitrogen and oxygen atoms in total. The van der Waals surface area contributed by atoms with Crippen molar-refractivity contribution < 1.29 is 22.7 Å². The number of piperidine rings is 1. The number of carbonyl (C=O) groups excluding carboxylic acids is 2. The summed E-state index contributed by atoms with van der Waals surface area (Å²) in [6.45, 7) is 0.427. The molecule has 0 aromatic carbocycles. The number of nitrogens with one attached hydrogen (secondary N) is 1. The van der Waals surface area contributed by atoms with Gasteiger partial charge in [0, 0.05) is 13.1 Å². The number of sulfonamides is 1. The van der Waals surface area contributed by atoms with Crippen molar-refractivity contribution in [3.63, 3.8) is 0 Å². The van der Waals surface area contributed by atoms with E-state index in [0.717, 1.165) is 6.26 Å². The van der Waals surface area contributed by atoms with E-state index in [1.165, 1.54) is 11.4 Å². The summed E-state index contributed by atoms with van der Waals surface area (Å²) in [6.07, 6.45) is 2.39. The van der Waals surface area contributed by atoms with Gasteiger partial charge in [0.2, 0.25) is 15.9 Å². The van der Waals surface area contributed by atoms with Gasteiger partial charge in [0.25, 0.3) is 0 Å². The van der Waals surface area contributed by atoms with E-state index >= 15 is 0 Å². The molecule has 8 heteroatoms. The molecule has 0 aliphatic carbocycles. The minimum Gasteiger partial charge on any atom is -0.468 e. The number of ether oxygens (including phenoxy) is 1. The van der Waals surface area contributed by atoms with Crippen LogP contribution in [0.1, 0.15) is 12.8 Å². The maximum atomic E-state index is 11.8. The second-order valence-corrected chi connectivity index (χ2v) is 6.24. The van der Waals surface area contributed by atoms with Gasteiger partial charge in [-0.05, 0) is 12.8 Å². The molecule has 1 heterocycles. The molecule has 1 aliphatic heterocycles. The Balaban J connectivity index is 2.51. The van der Waals surface area contributed by atoms with Crippen LogP contribution in [0.3, 0.4) is 0 Å². The van der Waals surface area contributed by atoms with Crippen molar-refractivity contribution in [1.82, 2.24) is 9.62 Å². The van der Waals surface area contributed by atoms with Crippen molar-refractivity contribution in [2.24, 2.45) is 5.92 Å². The second-order valence-electron chi connectivity index (χ2n) is 4.25. The summed E-state index contributed by atoms with van der Waals surface area (Å²) < 4.78 is 28.5. The highest BCUT2D eigenvalue weighted by Crippen LogP contribution is 2.18. The Labute approximate surface area is 107 Å². The average molecular weight is 278 g/mol. The lowest BCUT2D eigenvalue weighted by Gasteiger charge is -2.29. The Kier molecular flexibility index (Phi) is 5.09. The molecule has 0 spiro atoms. The van der Waals surface area contributed by atoms with Crippen molar-refractivity contribution in [2.75, 3.05) is 33.0 Å². The molecular weight excluding hydrogens is 260 g/mol. The fourth-order valence-corrected chi connectivity index (χ4v) is 2.74. The predicted octanol–water partition coefficient (Wildman–Crippen LogP) is -1.05. The van der Waals surface area contributed by atoms with Gasteiger partial charge in [0.05, 0.1) is 19.3 Å². The molecule has 0 aromatic heterocycles. The molecule has 0 aromatic rings. The van der Waals surface area contributed by atoms with Crippen molar-refractivity contribution >= 4 is 21.9 Å². The van der Waals surface area contributed by atoms with Gasteiger partial charge in [-0.15, -0.1) is 0 Å². The molecule has 1 aliphatic rings. The molecule has 104 valence electrons. The van der Waals surface area contributed by atoms with Crippen LogP contribution in [0.2, 0.25) is 0 Å². The molecule has 1 atom stereocenters. The highest BCUT2D eigenvalue weighted by molar-refractivity contribution is 7.88. The summed E-state index contributed by atoms with van der Waals surface area (Å²) in [7, 11) is -2.03. The summed E-state index contributed by atoms with van der Waals surface area (Å²) >= 11 is 0. The maximum Gasteiger partial charge on any atom is 0.325 e. The number of rotatable bonds is 4. The number of nitrogens with zero attached hydrogens (tertiary/aromatic N) is 1. The molecule has 1 N–H and O–H groups in total. The van der Waals surface area contributed by atoms with Gasteiger partial charge in [-0.3, -0.25) is 9.59 Å². The van der Waals surface area contributed by atoms with Crippen molar-refractivity contribution in [3.05, 3.63) is 0 Å². The third-order valence-corrected chi connectivity index (χ3v) is 4.13. The molecule has 18 heavy (non-hydrogen) atoms. The molecular formula is C10H18N2O5S. The first-order valence-corrected chi connectivity index (χ1v) is 7.49. The molecule has 1 saturated heterocycles. The fourth-order valence-electron chi connectivity index (χ4n) is 1.83. The van der Waals surface area contributed by atoms with E-state index in [0.29, 0.717) is 19.4 Å². The third kappa shape index (κ3) is 4.26. The van der Waals surface area contributed by atoms with Crippen LogP contribution >= 0.6 is 0 Å². The van der Waals surface area contributed by atoms with E-state index in [-0.39, 0.29) is 19.0 Å². The van der Waals surface area contributed by atoms with Crippen LogP contribution in [-0.2, 0) is 24.3 Å². The molecule has 0 bridgehead atoms. The standard InChI is InChI=1S/C10H18N2O5S/c1-17-9(13)6-11-10(14)8-4-3-5-12(7-8)18(2,15)16/h8H,3-7H2,1-2H3,(H,11,14). The fraction of sp³-hybridized carbons (Fsp3) is 0.800. The largest absolute Gasteiger partial charge is 0.468 e. The molecule has 1 amide bonds. The highest BCUT2D eigenvalue weighted by Gasteiger charge is 2.30. The molecule has 1 unspecified atom stereocenters. The lowest BCUT2D eigenvalue weighted by Crippen LogP contribution is -2.45. The SMILES string of the molecule is COC(=O)CNC(=O)C1CCCN(S(C)(=O)=O)C1. The van der Waals surface area contributed by atoms with E-state index < -0.39 is 21.9 Å². The van der Waals surface area contributed by atoms with Crippen molar-refractivity contribution in [2.45, 2.75) is 12.8 Å². The third-order valence-electron chi connectivity index (χ3n) is 2.86. The maximum absolute atomic E-state index is 11.8. The zero-order valence-electron chi connectivity index (χ0n) is 10.5. The van der Waals surface area contributed by atoms with E-state index in [4.69, 9.17) is 0 Å². The van der Waals surface area contributed by atoms with Gasteiger partial charge in [0.15, 0.2) is 0 Å². The second kappa shape index (κ2) is 6.14. The smallest absolute Gasteiger partial charge is 0.325 e. The zero-order valence-corrected chi connectivity index (χ0v) is 11.3. The van der Waals surface area contributed by atoms with Crippen molar-refractivity contribution in [1.29, 1.82) is 0 Å². The Morgan fingerprint density at radius 2 is 2.11 bits per heavy atom. The van der Waals surface area contributed by atoms with Crippen molar-refractivity contribution in [3.8, 4) is 0 Å². The van der Waals surface area contributed by atoms with Gasteiger partial charge >= 0.3 is 5.97 Å². The molecule has 1 fully saturated rings. The Bertz CT molecular complexity index is 420. The average Bonchev–Trinajstić information content (AvgIpc) is 2.34. The summed E-state index contributed by atoms with van der Waals surface area (Å²) in [5.74, 6) is -1.24. The topological polar surface area (TPSA) is 92.8 Å². The first-order chi connectivity index (χ1) is 8.34. The van der Waals surface area contributed by atoms with Gasteiger partial charge in [-0.1, -0.05) is 0 Å². The molecule has 0 saturated carbocycles. The number of hydrogen-bond donors (Lipinski definition) is 1. The van der Waals surface area contributed by atoms with Crippen LogP contribution in [0.15, 0.2) is 0 Å². The summed E-state index contributed by atoms with van der Waals surface area (Å²) in [6, 6.07) is 0. The number of esters is 1. The minimum absolute atomic E-state index is 0.172. The van der Waals surface area contributed by atoms with Crippen LogP contribution in [0.25, 0.3) is 0 Å². The number of hydrogen-bond acceptors (Lipinski definition) is 5. The summed E-state index contributed by atoms with van der Waals surface area (Å²) in [5.41, 5.74) is 0. The quantitative estimate of drug-likeness (QED) is 0.662. The summed E-state index contributed by atoms with van der Waals surface area (Å²) in [5, 5.41) is 2.44. The van der Waals surface area contributed by atoms with Crippen LogP contribution in [0.5, 0.6) is 0 Å². The number of methoxy groups -OCH3 is 1. The minimum atomic E-state index is -3.27. The van der Waals surface area contributed by atoms with E-state index in [2.05, 4.69) is 10.1 Å². The first-order valence-electron chi connectivity index (χ1n) is 5.64. The Hall–Kier alpha value is -1.15. The highest BCUT2D eigenvalue weighted by atomic mass is 32.2. The van der Waals surface area contributed by atoms with Gasteiger partial charge in [0.1, 0.15) is 6.54 Å². The molecule has 0 radical (unpaired) electrons. The normalized spacial score (nSPS) is 21.3. The predicted molar refractivity (Wildman–Crippen MR) is 64.2 cm³/mol. The van der Waals surface area contributed by atoms with E-state index in [1.54, 1.807) is 0 Å². The van der Waals surface area contributed by atoms with Crippen LogP contribution in [-0.4, -0.2) is 57.6 Å². The number of carbonyl (C=O) groups is 2. The zero-order chi connectivity index (χ0) is 13.8. The van der Waals surface area contributed by atoms with E-state index in [1.807, 2.05) is 0 Å². The Morgan fingerprint density at radius 1 is 1.44 bits per heavy atom. The lowest BCUT2D eigenvalue weighted by atomic mass is 9.99. The van der Waals surface area contributed by atoms with Gasteiger partial charge in [-0.2, -0.15) is 0 Å². The first kappa shape index (κ1) is 14.9. The van der Waals surface area contributed by atoms with Crippen LogP contribution in [0, 0.1) is 5.92 Å². The van der Waals surface area contributed by atoms with E-state index in [9.17, 15) is 18.0 Å². The number of amides is 1. The van der Waals surface area contributed by atoms with Crippen LogP contribution in [0.4, 0.5) is 0 Å². The monoisotopic (exact) mass is 278 g/mol. The Morgan fingerprint density at radius 3 is 2.67 bits per heavy atom.